The van der Waals surface area contributed by atoms with Crippen LogP contribution in [0.1, 0.15) is 12.5 Å². The maximum absolute atomic E-state index is 13.8. The highest BCUT2D eigenvalue weighted by molar-refractivity contribution is 9.10. The van der Waals surface area contributed by atoms with Gasteiger partial charge >= 0.3 is 0 Å². The molecule has 3 nitrogen and oxygen atoms in total. The molecule has 1 saturated heterocycles. The summed E-state index contributed by atoms with van der Waals surface area (Å²) in [5.74, 6) is -1.04. The molecule has 0 spiro atoms. The molecule has 6 heteroatoms. The minimum atomic E-state index is -0.547. The molecule has 1 aromatic rings. The standard InChI is InChI=1S/C13H15BrF2N2O/c1-9(19)18-6-4-17(5-7-18)8-10-12(15)3-2-11(14)13(10)16/h2-3H,4-8H2,1H3. The molecule has 1 aliphatic heterocycles. The van der Waals surface area contributed by atoms with Crippen LogP contribution in [0.25, 0.3) is 0 Å². The Bertz CT molecular complexity index is 488. The van der Waals surface area contributed by atoms with E-state index in [9.17, 15) is 13.6 Å². The zero-order valence-corrected chi connectivity index (χ0v) is 12.2. The largest absolute Gasteiger partial charge is 0.340 e. The van der Waals surface area contributed by atoms with E-state index >= 15 is 0 Å². The lowest BCUT2D eigenvalue weighted by molar-refractivity contribution is -0.130. The van der Waals surface area contributed by atoms with Gasteiger partial charge in [-0.15, -0.1) is 0 Å². The van der Waals surface area contributed by atoms with Gasteiger partial charge in [-0.05, 0) is 28.1 Å². The summed E-state index contributed by atoms with van der Waals surface area (Å²) >= 11 is 3.06. The van der Waals surface area contributed by atoms with Gasteiger partial charge in [-0.3, -0.25) is 9.69 Å². The Labute approximate surface area is 119 Å². The van der Waals surface area contributed by atoms with Crippen molar-refractivity contribution in [3.63, 3.8) is 0 Å². The van der Waals surface area contributed by atoms with Gasteiger partial charge in [-0.1, -0.05) is 0 Å². The predicted octanol–water partition coefficient (Wildman–Crippen LogP) is 2.39. The number of halogens is 3. The molecule has 1 fully saturated rings. The molecule has 0 N–H and O–H groups in total. The van der Waals surface area contributed by atoms with Crippen LogP contribution >= 0.6 is 15.9 Å². The third-order valence-electron chi connectivity index (χ3n) is 3.34. The molecular formula is C13H15BrF2N2O. The normalized spacial score (nSPS) is 16.7. The number of carbonyl (C=O) groups is 1. The Morgan fingerprint density at radius 1 is 1.26 bits per heavy atom. The summed E-state index contributed by atoms with van der Waals surface area (Å²) in [4.78, 5) is 14.9. The van der Waals surface area contributed by atoms with Crippen molar-refractivity contribution in [1.29, 1.82) is 0 Å². The van der Waals surface area contributed by atoms with Gasteiger partial charge in [0, 0.05) is 45.2 Å². The molecule has 1 heterocycles. The number of benzene rings is 1. The lowest BCUT2D eigenvalue weighted by atomic mass is 10.1. The Morgan fingerprint density at radius 2 is 1.89 bits per heavy atom. The molecule has 104 valence electrons. The number of hydrogen-bond acceptors (Lipinski definition) is 2. The quantitative estimate of drug-likeness (QED) is 0.776. The molecule has 1 aliphatic rings. The smallest absolute Gasteiger partial charge is 0.219 e. The second-order valence-electron chi connectivity index (χ2n) is 4.60. The SMILES string of the molecule is CC(=O)N1CCN(Cc2c(F)ccc(Br)c2F)CC1. The fourth-order valence-electron chi connectivity index (χ4n) is 2.16. The third kappa shape index (κ3) is 3.30. The van der Waals surface area contributed by atoms with Crippen LogP contribution in [0, 0.1) is 11.6 Å². The third-order valence-corrected chi connectivity index (χ3v) is 3.95. The Hall–Kier alpha value is -1.01. The molecule has 0 bridgehead atoms. The summed E-state index contributed by atoms with van der Waals surface area (Å²) in [5.41, 5.74) is 0.0747. The first-order chi connectivity index (χ1) is 8.99. The maximum Gasteiger partial charge on any atom is 0.219 e. The summed E-state index contributed by atoms with van der Waals surface area (Å²) in [6.45, 7) is 4.22. The van der Waals surface area contributed by atoms with Crippen molar-refractivity contribution < 1.29 is 13.6 Å². The second kappa shape index (κ2) is 5.96. The zero-order chi connectivity index (χ0) is 14.0. The van der Waals surface area contributed by atoms with Crippen molar-refractivity contribution in [2.45, 2.75) is 13.5 Å². The van der Waals surface area contributed by atoms with Crippen LogP contribution < -0.4 is 0 Å². The molecule has 1 aromatic carbocycles. The van der Waals surface area contributed by atoms with E-state index in [1.165, 1.54) is 19.1 Å². The highest BCUT2D eigenvalue weighted by Crippen LogP contribution is 2.23. The van der Waals surface area contributed by atoms with E-state index in [1.807, 2.05) is 4.90 Å². The van der Waals surface area contributed by atoms with Gasteiger partial charge in [0.25, 0.3) is 0 Å². The topological polar surface area (TPSA) is 23.6 Å². The van der Waals surface area contributed by atoms with Crippen LogP contribution in [-0.2, 0) is 11.3 Å². The Kier molecular flexibility index (Phi) is 4.52. The molecule has 19 heavy (non-hydrogen) atoms. The van der Waals surface area contributed by atoms with Crippen LogP contribution in [0.2, 0.25) is 0 Å². The first-order valence-electron chi connectivity index (χ1n) is 6.09. The van der Waals surface area contributed by atoms with Gasteiger partial charge in [-0.25, -0.2) is 8.78 Å². The molecule has 1 amide bonds. The molecule has 0 aromatic heterocycles. The fraction of sp³-hybridized carbons (Fsp3) is 0.462. The number of hydrogen-bond donors (Lipinski definition) is 0. The monoisotopic (exact) mass is 332 g/mol. The fourth-order valence-corrected chi connectivity index (χ4v) is 2.53. The van der Waals surface area contributed by atoms with Crippen molar-refractivity contribution >= 4 is 21.8 Å². The van der Waals surface area contributed by atoms with Crippen molar-refractivity contribution in [1.82, 2.24) is 9.80 Å². The summed E-state index contributed by atoms with van der Waals surface area (Å²) in [6.07, 6.45) is 0. The molecule has 0 atom stereocenters. The summed E-state index contributed by atoms with van der Waals surface area (Å²) in [6, 6.07) is 2.62. The van der Waals surface area contributed by atoms with Crippen molar-refractivity contribution in [2.24, 2.45) is 0 Å². The minimum absolute atomic E-state index is 0.0412. The summed E-state index contributed by atoms with van der Waals surface area (Å²) in [5, 5.41) is 0. The molecule has 0 radical (unpaired) electrons. The van der Waals surface area contributed by atoms with Gasteiger partial charge < -0.3 is 4.90 Å². The highest BCUT2D eigenvalue weighted by Gasteiger charge is 2.21. The van der Waals surface area contributed by atoms with Gasteiger partial charge in [0.2, 0.25) is 5.91 Å². The Balaban J connectivity index is 2.04. The first kappa shape index (κ1) is 14.4. The average Bonchev–Trinajstić information content (AvgIpc) is 2.40. The molecule has 0 aliphatic carbocycles. The van der Waals surface area contributed by atoms with E-state index in [0.717, 1.165) is 0 Å². The minimum Gasteiger partial charge on any atom is -0.340 e. The summed E-state index contributed by atoms with van der Waals surface area (Å²) < 4.78 is 27.8. The van der Waals surface area contributed by atoms with Gasteiger partial charge in [0.05, 0.1) is 4.47 Å². The maximum atomic E-state index is 13.8. The van der Waals surface area contributed by atoms with Gasteiger partial charge in [0.15, 0.2) is 0 Å². The van der Waals surface area contributed by atoms with E-state index in [2.05, 4.69) is 15.9 Å². The molecule has 0 saturated carbocycles. The zero-order valence-electron chi connectivity index (χ0n) is 10.6. The average molecular weight is 333 g/mol. The van der Waals surface area contributed by atoms with Crippen molar-refractivity contribution in [3.05, 3.63) is 33.8 Å². The van der Waals surface area contributed by atoms with Crippen LogP contribution in [0.3, 0.4) is 0 Å². The van der Waals surface area contributed by atoms with Crippen LogP contribution in [-0.4, -0.2) is 41.9 Å². The number of nitrogens with zero attached hydrogens (tertiary/aromatic N) is 2. The first-order valence-corrected chi connectivity index (χ1v) is 6.88. The molecular weight excluding hydrogens is 318 g/mol. The predicted molar refractivity (Wildman–Crippen MR) is 71.6 cm³/mol. The van der Waals surface area contributed by atoms with Crippen LogP contribution in [0.5, 0.6) is 0 Å². The van der Waals surface area contributed by atoms with Gasteiger partial charge in [-0.2, -0.15) is 0 Å². The number of carbonyl (C=O) groups excluding carboxylic acids is 1. The van der Waals surface area contributed by atoms with E-state index in [0.29, 0.717) is 26.2 Å². The van der Waals surface area contributed by atoms with Crippen molar-refractivity contribution in [3.8, 4) is 0 Å². The van der Waals surface area contributed by atoms with Crippen LogP contribution in [0.15, 0.2) is 16.6 Å². The van der Waals surface area contributed by atoms with E-state index in [1.54, 1.807) is 4.90 Å². The van der Waals surface area contributed by atoms with Crippen molar-refractivity contribution in [2.75, 3.05) is 26.2 Å². The van der Waals surface area contributed by atoms with E-state index < -0.39 is 11.6 Å². The lowest BCUT2D eigenvalue weighted by Crippen LogP contribution is -2.47. The Morgan fingerprint density at radius 3 is 2.47 bits per heavy atom. The van der Waals surface area contributed by atoms with E-state index in [4.69, 9.17) is 0 Å². The van der Waals surface area contributed by atoms with Gasteiger partial charge in [0.1, 0.15) is 11.6 Å². The number of piperazine rings is 1. The molecule has 2 rings (SSSR count). The summed E-state index contributed by atoms with van der Waals surface area (Å²) in [7, 11) is 0. The van der Waals surface area contributed by atoms with E-state index in [-0.39, 0.29) is 22.5 Å². The van der Waals surface area contributed by atoms with Crippen LogP contribution in [0.4, 0.5) is 8.78 Å². The number of rotatable bonds is 2. The molecule has 0 unspecified atom stereocenters. The number of amides is 1. The second-order valence-corrected chi connectivity index (χ2v) is 5.46. The lowest BCUT2D eigenvalue weighted by Gasteiger charge is -2.34. The highest BCUT2D eigenvalue weighted by atomic mass is 79.9.